The summed E-state index contributed by atoms with van der Waals surface area (Å²) in [6, 6.07) is 26.5. The SMILES string of the molecule is CCOC(=O)Cc1ccc(NC(=O)c2cn3c4c(cccc24)CCC3)cc1.O=C(O)Cc1ccc(NC(=O)c2cn3c4c(cccc24)CCC3)cc1.[Li+].[OH-]. The van der Waals surface area contributed by atoms with Crippen LogP contribution < -0.4 is 29.5 Å². The molecule has 272 valence electrons. The third-order valence-electron chi connectivity index (χ3n) is 9.58. The van der Waals surface area contributed by atoms with Crippen molar-refractivity contribution in [3.05, 3.63) is 131 Å². The van der Waals surface area contributed by atoms with Gasteiger partial charge in [-0.1, -0.05) is 60.7 Å². The number of aryl methyl sites for hydroxylation is 4. The number of aliphatic carboxylic acids is 1. The molecule has 2 aromatic heterocycles. The number of hydrogen-bond acceptors (Lipinski definition) is 6. The molecular weight excluding hydrogens is 679 g/mol. The second-order valence-electron chi connectivity index (χ2n) is 13.2. The summed E-state index contributed by atoms with van der Waals surface area (Å²) in [7, 11) is 0. The van der Waals surface area contributed by atoms with Gasteiger partial charge in [-0.05, 0) is 79.1 Å². The van der Waals surface area contributed by atoms with E-state index in [1.165, 1.54) is 16.6 Å². The largest absolute Gasteiger partial charge is 1.00 e. The first kappa shape index (κ1) is 39.6. The van der Waals surface area contributed by atoms with Crippen LogP contribution in [-0.2, 0) is 53.1 Å². The molecule has 0 atom stereocenters. The summed E-state index contributed by atoms with van der Waals surface area (Å²) in [6.07, 6.45) is 8.40. The zero-order valence-corrected chi connectivity index (χ0v) is 30.4. The number of nitrogens with one attached hydrogen (secondary N) is 2. The molecule has 6 aromatic rings. The molecule has 4 heterocycles. The number of carboxylic acids is 1. The Morgan fingerprint density at radius 1 is 0.667 bits per heavy atom. The Hall–Kier alpha value is -5.60. The van der Waals surface area contributed by atoms with Crippen LogP contribution in [0.15, 0.2) is 97.3 Å². The molecule has 0 saturated carbocycles. The standard InChI is InChI=1S/C22H22N2O3.C20H18N2O3.Li.H2O/c1-2-27-20(25)13-15-8-10-17(11-9-15)23-22(26)19-14-24-12-4-6-16-5-3-7-18(19)21(16)24;23-18(24)11-13-6-8-15(9-7-13)21-20(25)17-12-22-10-2-4-14-3-1-5-16(17)19(14)22;;/h3,5,7-11,14H,2,4,6,12-13H2,1H3,(H,23,26);1,3,5-9,12H,2,4,10-11H2,(H,21,25)(H,23,24);;1H2/q;;+1;/p-1. The quantitative estimate of drug-likeness (QED) is 0.149. The molecule has 2 aliphatic rings. The second-order valence-corrected chi connectivity index (χ2v) is 13.2. The normalized spacial score (nSPS) is 12.4. The van der Waals surface area contributed by atoms with Crippen molar-refractivity contribution in [2.75, 3.05) is 17.2 Å². The number of aromatic nitrogens is 2. The van der Waals surface area contributed by atoms with E-state index in [9.17, 15) is 19.2 Å². The molecule has 54 heavy (non-hydrogen) atoms. The smallest absolute Gasteiger partial charge is 0.870 e. The van der Waals surface area contributed by atoms with Gasteiger partial charge < -0.3 is 35.1 Å². The maximum Gasteiger partial charge on any atom is 1.00 e. The average Bonchev–Trinajstić information content (AvgIpc) is 3.72. The molecule has 0 unspecified atom stereocenters. The Balaban J connectivity index is 0.000000201. The summed E-state index contributed by atoms with van der Waals surface area (Å²) >= 11 is 0. The molecule has 4 N–H and O–H groups in total. The van der Waals surface area contributed by atoms with Gasteiger partial charge in [-0.2, -0.15) is 0 Å². The molecule has 0 spiro atoms. The zero-order valence-electron chi connectivity index (χ0n) is 30.4. The van der Waals surface area contributed by atoms with E-state index in [1.807, 2.05) is 60.9 Å². The van der Waals surface area contributed by atoms with Crippen molar-refractivity contribution in [1.82, 2.24) is 9.13 Å². The summed E-state index contributed by atoms with van der Waals surface area (Å²) in [6.45, 7) is 4.05. The Morgan fingerprint density at radius 2 is 1.11 bits per heavy atom. The number of benzene rings is 4. The number of carbonyl (C=O) groups is 4. The number of rotatable bonds is 9. The van der Waals surface area contributed by atoms with E-state index in [2.05, 4.69) is 31.9 Å². The first-order valence-electron chi connectivity index (χ1n) is 17.7. The van der Waals surface area contributed by atoms with Gasteiger partial charge in [0.1, 0.15) is 0 Å². The van der Waals surface area contributed by atoms with Gasteiger partial charge >= 0.3 is 30.8 Å². The van der Waals surface area contributed by atoms with Crippen LogP contribution in [0.25, 0.3) is 21.8 Å². The van der Waals surface area contributed by atoms with Gasteiger partial charge in [-0.3, -0.25) is 19.2 Å². The van der Waals surface area contributed by atoms with E-state index in [1.54, 1.807) is 31.2 Å². The van der Waals surface area contributed by atoms with Crippen LogP contribution in [0, 0.1) is 0 Å². The van der Waals surface area contributed by atoms with Gasteiger partial charge in [-0.15, -0.1) is 0 Å². The Bertz CT molecular complexity index is 2310. The number of para-hydroxylation sites is 2. The molecule has 2 aliphatic heterocycles. The molecule has 11 nitrogen and oxygen atoms in total. The van der Waals surface area contributed by atoms with E-state index in [0.717, 1.165) is 60.6 Å². The summed E-state index contributed by atoms with van der Waals surface area (Å²) in [5.41, 5.74) is 9.25. The Kier molecular flexibility index (Phi) is 12.8. The van der Waals surface area contributed by atoms with Crippen LogP contribution in [-0.4, -0.2) is 50.1 Å². The predicted molar refractivity (Wildman–Crippen MR) is 203 cm³/mol. The van der Waals surface area contributed by atoms with Crippen LogP contribution in [0.3, 0.4) is 0 Å². The van der Waals surface area contributed by atoms with Crippen molar-refractivity contribution in [2.45, 2.75) is 58.5 Å². The molecule has 0 fully saturated rings. The molecule has 2 amide bonds. The van der Waals surface area contributed by atoms with Crippen molar-refractivity contribution < 1.29 is 53.4 Å². The number of amides is 2. The second kappa shape index (κ2) is 17.5. The van der Waals surface area contributed by atoms with Crippen molar-refractivity contribution in [3.8, 4) is 0 Å². The molecule has 0 aliphatic carbocycles. The van der Waals surface area contributed by atoms with Crippen LogP contribution in [0.1, 0.15) is 62.7 Å². The van der Waals surface area contributed by atoms with Gasteiger partial charge in [0.2, 0.25) is 0 Å². The van der Waals surface area contributed by atoms with Crippen LogP contribution in [0.4, 0.5) is 11.4 Å². The third-order valence-corrected chi connectivity index (χ3v) is 9.58. The van der Waals surface area contributed by atoms with Crippen LogP contribution >= 0.6 is 0 Å². The van der Waals surface area contributed by atoms with E-state index in [-0.39, 0.29) is 55.0 Å². The zero-order chi connectivity index (χ0) is 36.2. The maximum atomic E-state index is 12.8. The molecule has 8 rings (SSSR count). The topological polar surface area (TPSA) is 162 Å². The number of hydrogen-bond donors (Lipinski definition) is 3. The maximum absolute atomic E-state index is 12.8. The van der Waals surface area contributed by atoms with Gasteiger partial charge in [0.25, 0.3) is 11.8 Å². The fourth-order valence-corrected chi connectivity index (χ4v) is 7.24. The number of anilines is 2. The molecule has 0 radical (unpaired) electrons. The van der Waals surface area contributed by atoms with Gasteiger partial charge in [0.15, 0.2) is 0 Å². The van der Waals surface area contributed by atoms with Gasteiger partial charge in [0.05, 0.1) is 41.6 Å². The molecular formula is C42H41LiN4O7. The minimum Gasteiger partial charge on any atom is -0.870 e. The third kappa shape index (κ3) is 8.61. The minimum absolute atomic E-state index is 0. The number of carboxylic acid groups (broad SMARTS) is 1. The average molecular weight is 721 g/mol. The Labute approximate surface area is 324 Å². The van der Waals surface area contributed by atoms with Gasteiger partial charge in [0, 0.05) is 47.6 Å². The molecule has 0 saturated heterocycles. The van der Waals surface area contributed by atoms with E-state index < -0.39 is 5.97 Å². The van der Waals surface area contributed by atoms with Crippen molar-refractivity contribution in [2.24, 2.45) is 0 Å². The van der Waals surface area contributed by atoms with E-state index >= 15 is 0 Å². The van der Waals surface area contributed by atoms with Crippen LogP contribution in [0.2, 0.25) is 0 Å². The summed E-state index contributed by atoms with van der Waals surface area (Å²) in [5.74, 6) is -1.38. The fraction of sp³-hybridized carbons (Fsp3) is 0.238. The first-order chi connectivity index (χ1) is 25.3. The van der Waals surface area contributed by atoms with Crippen molar-refractivity contribution in [3.63, 3.8) is 0 Å². The first-order valence-corrected chi connectivity index (χ1v) is 17.7. The number of carbonyl (C=O) groups excluding carboxylic acids is 3. The van der Waals surface area contributed by atoms with Crippen molar-refractivity contribution in [1.29, 1.82) is 0 Å². The van der Waals surface area contributed by atoms with E-state index in [0.29, 0.717) is 34.7 Å². The molecule has 4 aromatic carbocycles. The monoisotopic (exact) mass is 720 g/mol. The predicted octanol–water partition coefficient (Wildman–Crippen LogP) is 4.24. The number of esters is 1. The summed E-state index contributed by atoms with van der Waals surface area (Å²) < 4.78 is 9.31. The Morgan fingerprint density at radius 3 is 1.54 bits per heavy atom. The van der Waals surface area contributed by atoms with Gasteiger partial charge in [-0.25, -0.2) is 0 Å². The van der Waals surface area contributed by atoms with E-state index in [4.69, 9.17) is 9.84 Å². The van der Waals surface area contributed by atoms with Crippen molar-refractivity contribution >= 4 is 56.9 Å². The molecule has 12 heteroatoms. The number of nitrogens with zero attached hydrogens (tertiary/aromatic N) is 2. The minimum atomic E-state index is -0.870. The van der Waals surface area contributed by atoms with Crippen LogP contribution in [0.5, 0.6) is 0 Å². The fourth-order valence-electron chi connectivity index (χ4n) is 7.24. The number of ether oxygens (including phenoxy) is 1. The molecule has 0 bridgehead atoms. The summed E-state index contributed by atoms with van der Waals surface area (Å²) in [4.78, 5) is 47.9. The summed E-state index contributed by atoms with van der Waals surface area (Å²) in [5, 5.41) is 16.7.